The van der Waals surface area contributed by atoms with Crippen molar-refractivity contribution in [2.45, 2.75) is 51.9 Å². The monoisotopic (exact) mass is 367 g/mol. The third kappa shape index (κ3) is 3.01. The number of hydrogen-bond acceptors (Lipinski definition) is 3. The highest BCUT2D eigenvalue weighted by atomic mass is 16.5. The highest BCUT2D eigenvalue weighted by Crippen LogP contribution is 2.60. The summed E-state index contributed by atoms with van der Waals surface area (Å²) in [4.78, 5) is 17.7. The Labute approximate surface area is 160 Å². The van der Waals surface area contributed by atoms with Crippen LogP contribution in [-0.2, 0) is 11.2 Å². The molecule has 6 rings (SSSR count). The Morgan fingerprint density at radius 2 is 1.96 bits per heavy atom. The number of hydrogen-bond donors (Lipinski definition) is 1. The summed E-state index contributed by atoms with van der Waals surface area (Å²) in [6, 6.07) is 3.92. The normalized spacial score (nSPS) is 31.4. The maximum atomic E-state index is 13.0. The van der Waals surface area contributed by atoms with E-state index in [9.17, 15) is 4.79 Å². The fourth-order valence-electron chi connectivity index (χ4n) is 6.31. The second-order valence-electron chi connectivity index (χ2n) is 8.97. The van der Waals surface area contributed by atoms with Crippen molar-refractivity contribution in [3.05, 3.63) is 30.2 Å². The van der Waals surface area contributed by atoms with E-state index in [0.29, 0.717) is 19.1 Å². The largest absolute Gasteiger partial charge is 0.490 e. The highest BCUT2D eigenvalue weighted by molar-refractivity contribution is 5.83. The zero-order valence-electron chi connectivity index (χ0n) is 16.1. The van der Waals surface area contributed by atoms with Crippen molar-refractivity contribution in [2.75, 3.05) is 13.2 Å². The lowest BCUT2D eigenvalue weighted by Crippen LogP contribution is -2.53. The fraction of sp³-hybridized carbons (Fsp3) is 0.636. The predicted molar refractivity (Wildman–Crippen MR) is 104 cm³/mol. The van der Waals surface area contributed by atoms with Gasteiger partial charge in [-0.1, -0.05) is 0 Å². The van der Waals surface area contributed by atoms with E-state index in [1.165, 1.54) is 19.3 Å². The van der Waals surface area contributed by atoms with E-state index in [1.54, 1.807) is 0 Å². The lowest BCUT2D eigenvalue weighted by Gasteiger charge is -2.55. The summed E-state index contributed by atoms with van der Waals surface area (Å²) in [7, 11) is 0. The van der Waals surface area contributed by atoms with Crippen molar-refractivity contribution in [1.82, 2.24) is 14.7 Å². The van der Waals surface area contributed by atoms with Crippen LogP contribution in [0.2, 0.25) is 0 Å². The van der Waals surface area contributed by atoms with Gasteiger partial charge in [0.05, 0.1) is 12.3 Å². The zero-order chi connectivity index (χ0) is 18.4. The molecular formula is C22H29N3O2. The number of aromatic nitrogens is 2. The number of rotatable bonds is 6. The van der Waals surface area contributed by atoms with Crippen LogP contribution in [0, 0.1) is 23.2 Å². The Morgan fingerprint density at radius 3 is 2.63 bits per heavy atom. The molecule has 4 saturated carbocycles. The van der Waals surface area contributed by atoms with E-state index in [0.717, 1.165) is 60.5 Å². The molecule has 0 atom stereocenters. The lowest BCUT2D eigenvalue weighted by molar-refractivity contribution is -0.146. The second kappa shape index (κ2) is 6.54. The van der Waals surface area contributed by atoms with Gasteiger partial charge < -0.3 is 14.5 Å². The molecule has 2 aromatic rings. The highest BCUT2D eigenvalue weighted by Gasteiger charge is 2.54. The molecule has 1 amide bonds. The maximum Gasteiger partial charge on any atom is 0.226 e. The molecule has 1 N–H and O–H groups in total. The number of fused-ring (bicyclic) bond motifs is 1. The van der Waals surface area contributed by atoms with Crippen molar-refractivity contribution in [1.29, 1.82) is 0 Å². The summed E-state index contributed by atoms with van der Waals surface area (Å²) in [5, 5.41) is 3.25. The van der Waals surface area contributed by atoms with Crippen molar-refractivity contribution >= 4 is 11.6 Å². The Hall–Kier alpha value is -2.04. The third-order valence-corrected chi connectivity index (χ3v) is 6.98. The molecule has 0 aliphatic heterocycles. The van der Waals surface area contributed by atoms with Gasteiger partial charge in [0.25, 0.3) is 0 Å². The minimum Gasteiger partial charge on any atom is -0.490 e. The van der Waals surface area contributed by atoms with Crippen molar-refractivity contribution in [3.63, 3.8) is 0 Å². The number of amides is 1. The van der Waals surface area contributed by atoms with Crippen LogP contribution in [0.15, 0.2) is 24.5 Å². The lowest BCUT2D eigenvalue weighted by atomic mass is 9.49. The van der Waals surface area contributed by atoms with Crippen LogP contribution in [0.4, 0.5) is 0 Å². The predicted octanol–water partition coefficient (Wildman–Crippen LogP) is 3.61. The number of nitrogens with one attached hydrogen (secondary N) is 1. The summed E-state index contributed by atoms with van der Waals surface area (Å²) in [5.74, 6) is 3.52. The van der Waals surface area contributed by atoms with E-state index in [4.69, 9.17) is 9.72 Å². The summed E-state index contributed by atoms with van der Waals surface area (Å²) >= 11 is 0. The number of ether oxygens (including phenoxy) is 1. The summed E-state index contributed by atoms with van der Waals surface area (Å²) in [6.45, 7) is 3.27. The standard InChI is InChI=1S/C22H29N3O2/c1-2-27-19-4-3-7-25-14-18(24-20(19)25)5-6-23-21(26)22-11-15-8-16(12-22)10-17(9-15)13-22/h3-4,7,14-17H,2,5-6,8-13H2,1H3,(H,23,26). The average Bonchev–Trinajstić information content (AvgIpc) is 3.05. The van der Waals surface area contributed by atoms with Crippen LogP contribution in [-0.4, -0.2) is 28.4 Å². The van der Waals surface area contributed by atoms with Crippen LogP contribution in [0.3, 0.4) is 0 Å². The van der Waals surface area contributed by atoms with Crippen LogP contribution in [0.5, 0.6) is 5.75 Å². The Kier molecular flexibility index (Phi) is 4.14. The quantitative estimate of drug-likeness (QED) is 0.849. The molecule has 5 heteroatoms. The van der Waals surface area contributed by atoms with Crippen molar-refractivity contribution in [3.8, 4) is 5.75 Å². The van der Waals surface area contributed by atoms with Gasteiger partial charge in [0, 0.05) is 30.8 Å². The topological polar surface area (TPSA) is 55.6 Å². The fourth-order valence-corrected chi connectivity index (χ4v) is 6.31. The van der Waals surface area contributed by atoms with Crippen LogP contribution in [0.25, 0.3) is 5.65 Å². The molecular weight excluding hydrogens is 338 g/mol. The van der Waals surface area contributed by atoms with Gasteiger partial charge in [0.2, 0.25) is 5.91 Å². The average molecular weight is 367 g/mol. The molecule has 0 radical (unpaired) electrons. The number of carbonyl (C=O) groups excluding carboxylic acids is 1. The molecule has 0 unspecified atom stereocenters. The van der Waals surface area contributed by atoms with Gasteiger partial charge in [-0.25, -0.2) is 4.98 Å². The first-order valence-corrected chi connectivity index (χ1v) is 10.5. The summed E-state index contributed by atoms with van der Waals surface area (Å²) in [6.07, 6.45) is 12.3. The summed E-state index contributed by atoms with van der Waals surface area (Å²) in [5.41, 5.74) is 1.78. The van der Waals surface area contributed by atoms with Crippen LogP contribution in [0.1, 0.15) is 51.1 Å². The minimum atomic E-state index is -0.0597. The number of imidazole rings is 1. The van der Waals surface area contributed by atoms with Gasteiger partial charge in [0.15, 0.2) is 11.4 Å². The first kappa shape index (κ1) is 17.1. The summed E-state index contributed by atoms with van der Waals surface area (Å²) < 4.78 is 7.66. The number of carbonyl (C=O) groups is 1. The van der Waals surface area contributed by atoms with E-state index < -0.39 is 0 Å². The first-order valence-electron chi connectivity index (χ1n) is 10.5. The molecule has 0 spiro atoms. The molecule has 4 bridgehead atoms. The first-order chi connectivity index (χ1) is 13.1. The molecule has 0 saturated heterocycles. The van der Waals surface area contributed by atoms with Crippen molar-refractivity contribution < 1.29 is 9.53 Å². The molecule has 27 heavy (non-hydrogen) atoms. The van der Waals surface area contributed by atoms with Crippen LogP contribution < -0.4 is 10.1 Å². The Balaban J connectivity index is 1.23. The molecule has 4 fully saturated rings. The number of pyridine rings is 1. The smallest absolute Gasteiger partial charge is 0.226 e. The van der Waals surface area contributed by atoms with E-state index in [2.05, 4.69) is 5.32 Å². The molecule has 5 nitrogen and oxygen atoms in total. The van der Waals surface area contributed by atoms with Gasteiger partial charge in [-0.05, 0) is 75.3 Å². The molecule has 4 aliphatic rings. The van der Waals surface area contributed by atoms with E-state index in [-0.39, 0.29) is 5.41 Å². The van der Waals surface area contributed by atoms with Gasteiger partial charge in [-0.3, -0.25) is 4.79 Å². The van der Waals surface area contributed by atoms with Gasteiger partial charge in [0.1, 0.15) is 0 Å². The Bertz CT molecular complexity index is 821. The molecule has 2 heterocycles. The molecule has 4 aliphatic carbocycles. The molecule has 2 aromatic heterocycles. The molecule has 0 aromatic carbocycles. The Morgan fingerprint density at radius 1 is 1.26 bits per heavy atom. The van der Waals surface area contributed by atoms with Gasteiger partial charge in [-0.2, -0.15) is 0 Å². The van der Waals surface area contributed by atoms with E-state index in [1.807, 2.05) is 35.9 Å². The van der Waals surface area contributed by atoms with Gasteiger partial charge >= 0.3 is 0 Å². The zero-order valence-corrected chi connectivity index (χ0v) is 16.1. The van der Waals surface area contributed by atoms with E-state index >= 15 is 0 Å². The minimum absolute atomic E-state index is 0.0597. The van der Waals surface area contributed by atoms with Gasteiger partial charge in [-0.15, -0.1) is 0 Å². The third-order valence-electron chi connectivity index (χ3n) is 6.98. The van der Waals surface area contributed by atoms with Crippen LogP contribution >= 0.6 is 0 Å². The number of nitrogens with zero attached hydrogens (tertiary/aromatic N) is 2. The molecule has 144 valence electrons. The second-order valence-corrected chi connectivity index (χ2v) is 8.97. The maximum absolute atomic E-state index is 13.0. The SMILES string of the molecule is CCOc1cccn2cc(CCNC(=O)C34CC5CC(CC(C5)C3)C4)nc12. The van der Waals surface area contributed by atoms with Crippen molar-refractivity contribution in [2.24, 2.45) is 23.2 Å².